The fourth-order valence-corrected chi connectivity index (χ4v) is 3.22. The second-order valence-electron chi connectivity index (χ2n) is 6.70. The van der Waals surface area contributed by atoms with Gasteiger partial charge in [-0.05, 0) is 29.8 Å². The number of halogens is 2. The highest BCUT2D eigenvalue weighted by molar-refractivity contribution is 5.99. The van der Waals surface area contributed by atoms with E-state index in [0.717, 1.165) is 22.0 Å². The van der Waals surface area contributed by atoms with Crippen LogP contribution in [-0.4, -0.2) is 47.0 Å². The number of aromatic nitrogens is 2. The minimum atomic E-state index is -2.86. The van der Waals surface area contributed by atoms with Gasteiger partial charge in [0.05, 0.1) is 12.1 Å². The Morgan fingerprint density at radius 2 is 2.04 bits per heavy atom. The lowest BCUT2D eigenvalue weighted by atomic mass is 10.0. The number of fused-ring (bicyclic) bond motifs is 1. The molecule has 0 unspecified atom stereocenters. The highest BCUT2D eigenvalue weighted by Crippen LogP contribution is 2.31. The summed E-state index contributed by atoms with van der Waals surface area (Å²) in [4.78, 5) is 8.96. The van der Waals surface area contributed by atoms with Crippen LogP contribution in [0.4, 0.5) is 14.6 Å². The van der Waals surface area contributed by atoms with Crippen molar-refractivity contribution >= 4 is 16.7 Å². The smallest absolute Gasteiger partial charge is 0.387 e. The number of alkyl halides is 2. The zero-order valence-corrected chi connectivity index (χ0v) is 14.9. The maximum Gasteiger partial charge on any atom is 0.387 e. The molecule has 1 atom stereocenters. The summed E-state index contributed by atoms with van der Waals surface area (Å²) in [5.74, 6) is 0.708. The molecule has 4 rings (SSSR count). The standard InChI is InChI=1S/C20H19F2N3O3/c21-19(22)28-14-5-3-13(4-6-14)16-10-24-18(15-2-1-8-23-17(15)16)25-11-20(26)7-9-27-12-20/h1-6,8,10,19,26H,7,9,11-12H2,(H,24,25)/t20-/m1/s1. The second-order valence-corrected chi connectivity index (χ2v) is 6.70. The third kappa shape index (κ3) is 3.88. The van der Waals surface area contributed by atoms with E-state index in [1.54, 1.807) is 24.5 Å². The molecule has 8 heteroatoms. The summed E-state index contributed by atoms with van der Waals surface area (Å²) in [5.41, 5.74) is 1.37. The Morgan fingerprint density at radius 3 is 2.75 bits per heavy atom. The summed E-state index contributed by atoms with van der Waals surface area (Å²) >= 11 is 0. The van der Waals surface area contributed by atoms with Crippen molar-refractivity contribution < 1.29 is 23.4 Å². The van der Waals surface area contributed by atoms with Crippen molar-refractivity contribution in [2.75, 3.05) is 25.1 Å². The lowest BCUT2D eigenvalue weighted by Crippen LogP contribution is -2.37. The van der Waals surface area contributed by atoms with Crippen LogP contribution in [0.15, 0.2) is 48.8 Å². The monoisotopic (exact) mass is 387 g/mol. The van der Waals surface area contributed by atoms with Crippen LogP contribution in [0.3, 0.4) is 0 Å². The van der Waals surface area contributed by atoms with Gasteiger partial charge in [0.2, 0.25) is 0 Å². The van der Waals surface area contributed by atoms with Crippen molar-refractivity contribution in [2.24, 2.45) is 0 Å². The molecule has 146 valence electrons. The summed E-state index contributed by atoms with van der Waals surface area (Å²) in [6.07, 6.45) is 3.93. The highest BCUT2D eigenvalue weighted by atomic mass is 19.3. The molecule has 3 heterocycles. The number of anilines is 1. The van der Waals surface area contributed by atoms with Crippen LogP contribution >= 0.6 is 0 Å². The van der Waals surface area contributed by atoms with E-state index >= 15 is 0 Å². The first-order chi connectivity index (χ1) is 13.5. The molecule has 0 amide bonds. The minimum Gasteiger partial charge on any atom is -0.435 e. The van der Waals surface area contributed by atoms with Gasteiger partial charge in [0, 0.05) is 42.9 Å². The van der Waals surface area contributed by atoms with Crippen LogP contribution in [0.5, 0.6) is 5.75 Å². The molecule has 1 aliphatic rings. The second kappa shape index (κ2) is 7.65. The molecule has 0 saturated carbocycles. The predicted octanol–water partition coefficient (Wildman–Crippen LogP) is 3.46. The van der Waals surface area contributed by atoms with E-state index in [0.29, 0.717) is 32.0 Å². The molecule has 2 aromatic heterocycles. The van der Waals surface area contributed by atoms with Crippen LogP contribution in [0, 0.1) is 0 Å². The lowest BCUT2D eigenvalue weighted by Gasteiger charge is -2.21. The van der Waals surface area contributed by atoms with Gasteiger partial charge < -0.3 is 19.9 Å². The van der Waals surface area contributed by atoms with E-state index in [1.165, 1.54) is 12.1 Å². The third-order valence-electron chi connectivity index (χ3n) is 4.70. The van der Waals surface area contributed by atoms with Crippen LogP contribution in [0.25, 0.3) is 22.0 Å². The van der Waals surface area contributed by atoms with Crippen molar-refractivity contribution in [1.29, 1.82) is 0 Å². The zero-order chi connectivity index (χ0) is 19.6. The maximum atomic E-state index is 12.3. The topological polar surface area (TPSA) is 76.5 Å². The quantitative estimate of drug-likeness (QED) is 0.675. The van der Waals surface area contributed by atoms with Crippen LogP contribution < -0.4 is 10.1 Å². The van der Waals surface area contributed by atoms with Crippen molar-refractivity contribution in [1.82, 2.24) is 9.97 Å². The van der Waals surface area contributed by atoms with Gasteiger partial charge in [0.25, 0.3) is 0 Å². The van der Waals surface area contributed by atoms with E-state index in [4.69, 9.17) is 4.74 Å². The van der Waals surface area contributed by atoms with Gasteiger partial charge in [-0.15, -0.1) is 0 Å². The first-order valence-electron chi connectivity index (χ1n) is 8.87. The van der Waals surface area contributed by atoms with Crippen molar-refractivity contribution in [2.45, 2.75) is 18.6 Å². The molecule has 28 heavy (non-hydrogen) atoms. The molecular formula is C20H19F2N3O3. The SMILES string of the molecule is O[C@@]1(CNc2ncc(-c3ccc(OC(F)F)cc3)c3ncccc23)CCOC1. The number of hydrogen-bond donors (Lipinski definition) is 2. The Balaban J connectivity index is 1.64. The Kier molecular flexibility index (Phi) is 5.06. The van der Waals surface area contributed by atoms with E-state index < -0.39 is 12.2 Å². The Hall–Kier alpha value is -2.84. The van der Waals surface area contributed by atoms with Crippen LogP contribution in [0.2, 0.25) is 0 Å². The number of nitrogens with one attached hydrogen (secondary N) is 1. The zero-order valence-electron chi connectivity index (χ0n) is 14.9. The first-order valence-corrected chi connectivity index (χ1v) is 8.87. The molecule has 0 aliphatic carbocycles. The largest absolute Gasteiger partial charge is 0.435 e. The summed E-state index contributed by atoms with van der Waals surface area (Å²) in [5, 5.41) is 14.4. The fourth-order valence-electron chi connectivity index (χ4n) is 3.22. The number of nitrogens with zero attached hydrogens (tertiary/aromatic N) is 2. The summed E-state index contributed by atoms with van der Waals surface area (Å²) < 4.78 is 34.3. The summed E-state index contributed by atoms with van der Waals surface area (Å²) in [6.45, 7) is -1.71. The highest BCUT2D eigenvalue weighted by Gasteiger charge is 2.32. The van der Waals surface area contributed by atoms with E-state index in [9.17, 15) is 13.9 Å². The molecule has 6 nitrogen and oxygen atoms in total. The number of ether oxygens (including phenoxy) is 2. The normalized spacial score (nSPS) is 19.3. The lowest BCUT2D eigenvalue weighted by molar-refractivity contribution is -0.0498. The molecule has 0 radical (unpaired) electrons. The molecular weight excluding hydrogens is 368 g/mol. The molecule has 1 aromatic carbocycles. The van der Waals surface area contributed by atoms with Gasteiger partial charge in [-0.3, -0.25) is 4.98 Å². The maximum absolute atomic E-state index is 12.3. The first kappa shape index (κ1) is 18.5. The average Bonchev–Trinajstić information content (AvgIpc) is 3.13. The fraction of sp³-hybridized carbons (Fsp3) is 0.300. The molecule has 1 fully saturated rings. The molecule has 1 saturated heterocycles. The third-order valence-corrected chi connectivity index (χ3v) is 4.70. The predicted molar refractivity (Wildman–Crippen MR) is 100 cm³/mol. The number of aliphatic hydroxyl groups is 1. The van der Waals surface area contributed by atoms with Crippen molar-refractivity contribution in [3.05, 3.63) is 48.8 Å². The Morgan fingerprint density at radius 1 is 1.21 bits per heavy atom. The number of benzene rings is 1. The minimum absolute atomic E-state index is 0.0919. The van der Waals surface area contributed by atoms with Crippen molar-refractivity contribution in [3.63, 3.8) is 0 Å². The van der Waals surface area contributed by atoms with Crippen LogP contribution in [-0.2, 0) is 4.74 Å². The van der Waals surface area contributed by atoms with E-state index in [-0.39, 0.29) is 5.75 Å². The van der Waals surface area contributed by atoms with Gasteiger partial charge in [0.15, 0.2) is 0 Å². The van der Waals surface area contributed by atoms with Gasteiger partial charge in [-0.1, -0.05) is 12.1 Å². The average molecular weight is 387 g/mol. The van der Waals surface area contributed by atoms with Gasteiger partial charge in [-0.25, -0.2) is 4.98 Å². The van der Waals surface area contributed by atoms with E-state index in [2.05, 4.69) is 20.0 Å². The van der Waals surface area contributed by atoms with Crippen molar-refractivity contribution in [3.8, 4) is 16.9 Å². The van der Waals surface area contributed by atoms with E-state index in [1.807, 2.05) is 12.1 Å². The summed E-state index contributed by atoms with van der Waals surface area (Å²) in [6, 6.07) is 10.1. The molecule has 0 spiro atoms. The number of rotatable bonds is 6. The van der Waals surface area contributed by atoms with Gasteiger partial charge >= 0.3 is 6.61 Å². The Bertz CT molecular complexity index is 961. The molecule has 1 aliphatic heterocycles. The van der Waals surface area contributed by atoms with Gasteiger partial charge in [0.1, 0.15) is 17.2 Å². The van der Waals surface area contributed by atoms with Crippen LogP contribution in [0.1, 0.15) is 6.42 Å². The molecule has 0 bridgehead atoms. The molecule has 2 N–H and O–H groups in total. The number of hydrogen-bond acceptors (Lipinski definition) is 6. The summed E-state index contributed by atoms with van der Waals surface area (Å²) in [7, 11) is 0. The Labute approximate surface area is 160 Å². The van der Waals surface area contributed by atoms with Gasteiger partial charge in [-0.2, -0.15) is 8.78 Å². The molecule has 3 aromatic rings. The number of pyridine rings is 2.